The number of nitrogens with zero attached hydrogens (tertiary/aromatic N) is 2. The van der Waals surface area contributed by atoms with Crippen molar-refractivity contribution in [1.82, 2.24) is 4.90 Å². The third-order valence-corrected chi connectivity index (χ3v) is 6.54. The first-order valence-corrected chi connectivity index (χ1v) is 12.7. The van der Waals surface area contributed by atoms with Gasteiger partial charge in [0, 0.05) is 31.7 Å². The summed E-state index contributed by atoms with van der Waals surface area (Å²) < 4.78 is 10.5. The van der Waals surface area contributed by atoms with Gasteiger partial charge in [-0.15, -0.1) is 0 Å². The molecule has 38 heavy (non-hydrogen) atoms. The number of benzene rings is 3. The van der Waals surface area contributed by atoms with Gasteiger partial charge in [0.05, 0.1) is 24.0 Å². The van der Waals surface area contributed by atoms with Crippen molar-refractivity contribution in [2.75, 3.05) is 50.1 Å². The fourth-order valence-electron chi connectivity index (χ4n) is 4.35. The fourth-order valence-corrected chi connectivity index (χ4v) is 4.35. The van der Waals surface area contributed by atoms with Crippen molar-refractivity contribution in [3.63, 3.8) is 0 Å². The van der Waals surface area contributed by atoms with Gasteiger partial charge in [-0.1, -0.05) is 44.2 Å². The van der Waals surface area contributed by atoms with Gasteiger partial charge in [0.2, 0.25) is 0 Å². The smallest absolute Gasteiger partial charge is 0.337 e. The van der Waals surface area contributed by atoms with Crippen LogP contribution in [-0.4, -0.2) is 62.6 Å². The van der Waals surface area contributed by atoms with Crippen LogP contribution in [0, 0.1) is 0 Å². The van der Waals surface area contributed by atoms with Crippen LogP contribution in [0.5, 0.6) is 5.75 Å². The minimum Gasteiger partial charge on any atom is -0.484 e. The molecule has 0 unspecified atom stereocenters. The molecule has 4 rings (SSSR count). The number of rotatable bonds is 8. The molecular formula is C30H33N3O5. The van der Waals surface area contributed by atoms with E-state index in [-0.39, 0.29) is 18.4 Å². The average molecular weight is 516 g/mol. The van der Waals surface area contributed by atoms with Gasteiger partial charge in [-0.25, -0.2) is 4.79 Å². The van der Waals surface area contributed by atoms with Crippen molar-refractivity contribution >= 4 is 29.2 Å². The second-order valence-corrected chi connectivity index (χ2v) is 9.43. The van der Waals surface area contributed by atoms with Gasteiger partial charge >= 0.3 is 5.97 Å². The quantitative estimate of drug-likeness (QED) is 0.442. The predicted molar refractivity (Wildman–Crippen MR) is 147 cm³/mol. The lowest BCUT2D eigenvalue weighted by molar-refractivity contribution is -0.118. The monoisotopic (exact) mass is 515 g/mol. The molecule has 1 saturated heterocycles. The fraction of sp³-hybridized carbons (Fsp3) is 0.300. The van der Waals surface area contributed by atoms with Crippen LogP contribution in [0.2, 0.25) is 0 Å². The normalized spacial score (nSPS) is 13.3. The van der Waals surface area contributed by atoms with E-state index in [1.807, 2.05) is 59.5 Å². The Morgan fingerprint density at radius 3 is 2.18 bits per heavy atom. The molecule has 8 heteroatoms. The van der Waals surface area contributed by atoms with Crippen molar-refractivity contribution in [2.24, 2.45) is 0 Å². The molecule has 0 spiro atoms. The Morgan fingerprint density at radius 2 is 1.55 bits per heavy atom. The van der Waals surface area contributed by atoms with E-state index in [9.17, 15) is 14.4 Å². The van der Waals surface area contributed by atoms with Gasteiger partial charge in [-0.2, -0.15) is 0 Å². The number of nitrogens with one attached hydrogen (secondary N) is 1. The number of carbonyl (C=O) groups is 3. The molecule has 198 valence electrons. The predicted octanol–water partition coefficient (Wildman–Crippen LogP) is 4.58. The molecule has 2 amide bonds. The Morgan fingerprint density at radius 1 is 0.868 bits per heavy atom. The van der Waals surface area contributed by atoms with Gasteiger partial charge in [0.15, 0.2) is 6.61 Å². The molecule has 1 aliphatic rings. The number of methoxy groups -OCH3 is 1. The van der Waals surface area contributed by atoms with Crippen LogP contribution in [0.1, 0.15) is 46.0 Å². The second-order valence-electron chi connectivity index (χ2n) is 9.43. The highest BCUT2D eigenvalue weighted by atomic mass is 16.5. The molecule has 0 saturated carbocycles. The zero-order valence-electron chi connectivity index (χ0n) is 22.0. The number of piperazine rings is 1. The molecule has 0 bridgehead atoms. The van der Waals surface area contributed by atoms with E-state index in [2.05, 4.69) is 24.1 Å². The number of carbonyl (C=O) groups excluding carboxylic acids is 3. The molecule has 0 aliphatic carbocycles. The first-order valence-electron chi connectivity index (χ1n) is 12.7. The van der Waals surface area contributed by atoms with Gasteiger partial charge in [-0.3, -0.25) is 9.59 Å². The minimum absolute atomic E-state index is 0.00149. The van der Waals surface area contributed by atoms with Gasteiger partial charge in [0.1, 0.15) is 5.75 Å². The highest BCUT2D eigenvalue weighted by Gasteiger charge is 2.24. The van der Waals surface area contributed by atoms with E-state index in [0.29, 0.717) is 54.7 Å². The summed E-state index contributed by atoms with van der Waals surface area (Å²) in [6, 6.07) is 22.0. The standard InChI is InChI=1S/C30H33N3O5/c1-21(2)22-9-12-25(13-10-22)38-20-28(34)31-26-19-24(30(36)37-3)11-14-27(26)32-15-17-33(18-16-32)29(35)23-7-5-4-6-8-23/h4-14,19,21H,15-18,20H2,1-3H3,(H,31,34). The Hall–Kier alpha value is -4.33. The van der Waals surface area contributed by atoms with Crippen LogP contribution in [-0.2, 0) is 9.53 Å². The summed E-state index contributed by atoms with van der Waals surface area (Å²) >= 11 is 0. The van der Waals surface area contributed by atoms with E-state index >= 15 is 0 Å². The van der Waals surface area contributed by atoms with Gasteiger partial charge < -0.3 is 24.6 Å². The summed E-state index contributed by atoms with van der Waals surface area (Å²) in [5.41, 5.74) is 3.43. The molecule has 3 aromatic carbocycles. The van der Waals surface area contributed by atoms with Crippen LogP contribution in [0.4, 0.5) is 11.4 Å². The molecule has 3 aromatic rings. The molecule has 1 heterocycles. The summed E-state index contributed by atoms with van der Waals surface area (Å²) in [6.45, 7) is 6.29. The third-order valence-electron chi connectivity index (χ3n) is 6.54. The zero-order chi connectivity index (χ0) is 27.1. The largest absolute Gasteiger partial charge is 0.484 e. The Bertz CT molecular complexity index is 1270. The van der Waals surface area contributed by atoms with E-state index in [4.69, 9.17) is 9.47 Å². The molecule has 0 atom stereocenters. The van der Waals surface area contributed by atoms with Crippen LogP contribution < -0.4 is 15.0 Å². The van der Waals surface area contributed by atoms with Crippen LogP contribution in [0.3, 0.4) is 0 Å². The van der Waals surface area contributed by atoms with E-state index in [1.165, 1.54) is 12.7 Å². The number of ether oxygens (including phenoxy) is 2. The number of anilines is 2. The summed E-state index contributed by atoms with van der Waals surface area (Å²) in [7, 11) is 1.32. The molecule has 1 aliphatic heterocycles. The molecule has 0 aromatic heterocycles. The Balaban J connectivity index is 1.44. The van der Waals surface area contributed by atoms with Gasteiger partial charge in [0.25, 0.3) is 11.8 Å². The first-order chi connectivity index (χ1) is 18.4. The van der Waals surface area contributed by atoms with Crippen LogP contribution >= 0.6 is 0 Å². The Labute approximate surface area is 223 Å². The van der Waals surface area contributed by atoms with Crippen LogP contribution in [0.15, 0.2) is 72.8 Å². The number of hydrogen-bond acceptors (Lipinski definition) is 6. The highest BCUT2D eigenvalue weighted by molar-refractivity contribution is 5.99. The van der Waals surface area contributed by atoms with Gasteiger partial charge in [-0.05, 0) is 53.9 Å². The summed E-state index contributed by atoms with van der Waals surface area (Å²) in [6.07, 6.45) is 0. The summed E-state index contributed by atoms with van der Waals surface area (Å²) in [5, 5.41) is 2.89. The molecule has 1 N–H and O–H groups in total. The molecule has 1 fully saturated rings. The SMILES string of the molecule is COC(=O)c1ccc(N2CCN(C(=O)c3ccccc3)CC2)c(NC(=O)COc2ccc(C(C)C)cc2)c1. The van der Waals surface area contributed by atoms with Crippen molar-refractivity contribution < 1.29 is 23.9 Å². The van der Waals surface area contributed by atoms with Crippen molar-refractivity contribution in [3.8, 4) is 5.75 Å². The molecular weight excluding hydrogens is 482 g/mol. The number of amides is 2. The second kappa shape index (κ2) is 12.3. The van der Waals surface area contributed by atoms with Crippen LogP contribution in [0.25, 0.3) is 0 Å². The van der Waals surface area contributed by atoms with E-state index in [1.54, 1.807) is 18.2 Å². The Kier molecular flexibility index (Phi) is 8.63. The third kappa shape index (κ3) is 6.51. The highest BCUT2D eigenvalue weighted by Crippen LogP contribution is 2.29. The first kappa shape index (κ1) is 26.7. The minimum atomic E-state index is -0.494. The maximum atomic E-state index is 12.8. The van der Waals surface area contributed by atoms with Crippen molar-refractivity contribution in [2.45, 2.75) is 19.8 Å². The van der Waals surface area contributed by atoms with Crippen molar-refractivity contribution in [1.29, 1.82) is 0 Å². The number of hydrogen-bond donors (Lipinski definition) is 1. The van der Waals surface area contributed by atoms with Crippen molar-refractivity contribution in [3.05, 3.63) is 89.5 Å². The topological polar surface area (TPSA) is 88.2 Å². The maximum absolute atomic E-state index is 12.8. The van der Waals surface area contributed by atoms with E-state index in [0.717, 1.165) is 5.69 Å². The molecule has 8 nitrogen and oxygen atoms in total. The van der Waals surface area contributed by atoms with E-state index < -0.39 is 5.97 Å². The lowest BCUT2D eigenvalue weighted by Gasteiger charge is -2.37. The lowest BCUT2D eigenvalue weighted by Crippen LogP contribution is -2.49. The molecule has 0 radical (unpaired) electrons. The average Bonchev–Trinajstić information content (AvgIpc) is 2.96. The summed E-state index contributed by atoms with van der Waals surface area (Å²) in [4.78, 5) is 41.7. The number of esters is 1. The summed E-state index contributed by atoms with van der Waals surface area (Å²) in [5.74, 6) is 0.169. The zero-order valence-corrected chi connectivity index (χ0v) is 22.0. The maximum Gasteiger partial charge on any atom is 0.337 e. The lowest BCUT2D eigenvalue weighted by atomic mass is 10.0.